The Kier molecular flexibility index (Phi) is 7.67. The number of aryl methyl sites for hydroxylation is 3. The van der Waals surface area contributed by atoms with Gasteiger partial charge in [-0.25, -0.2) is 8.42 Å². The van der Waals surface area contributed by atoms with E-state index in [0.717, 1.165) is 29.0 Å². The van der Waals surface area contributed by atoms with Gasteiger partial charge in [0.15, 0.2) is 0 Å². The van der Waals surface area contributed by atoms with Gasteiger partial charge in [-0.1, -0.05) is 35.9 Å². The van der Waals surface area contributed by atoms with E-state index in [1.807, 2.05) is 19.9 Å². The summed E-state index contributed by atoms with van der Waals surface area (Å²) in [7, 11) is -2.22. The third kappa shape index (κ3) is 6.22. The third-order valence-corrected chi connectivity index (χ3v) is 5.95. The molecule has 0 saturated carbocycles. The first-order valence-electron chi connectivity index (χ1n) is 9.60. The molecule has 1 unspecified atom stereocenters. The van der Waals surface area contributed by atoms with Gasteiger partial charge in [0.25, 0.3) is 0 Å². The third-order valence-electron chi connectivity index (χ3n) is 4.72. The minimum absolute atomic E-state index is 0.345. The van der Waals surface area contributed by atoms with E-state index in [0.29, 0.717) is 18.0 Å². The Morgan fingerprint density at radius 2 is 1.72 bits per heavy atom. The Hall–Kier alpha value is -2.54. The second-order valence-corrected chi connectivity index (χ2v) is 9.15. The highest BCUT2D eigenvalue weighted by Crippen LogP contribution is 2.32. The van der Waals surface area contributed by atoms with E-state index in [1.165, 1.54) is 18.2 Å². The van der Waals surface area contributed by atoms with Crippen LogP contribution in [0.5, 0.6) is 5.75 Å². The number of benzene rings is 2. The normalized spacial score (nSPS) is 12.3. The Morgan fingerprint density at radius 3 is 2.31 bits per heavy atom. The Labute approximate surface area is 173 Å². The molecule has 0 heterocycles. The lowest BCUT2D eigenvalue weighted by Gasteiger charge is -2.29. The fraction of sp³-hybridized carbons (Fsp3) is 0.409. The number of sulfonamides is 1. The van der Waals surface area contributed by atoms with Crippen molar-refractivity contribution in [3.05, 3.63) is 59.2 Å². The number of amides is 1. The van der Waals surface area contributed by atoms with Crippen LogP contribution < -0.4 is 14.4 Å². The van der Waals surface area contributed by atoms with E-state index in [1.54, 1.807) is 19.1 Å². The number of hydrogen-bond donors (Lipinski definition) is 1. The zero-order valence-corrected chi connectivity index (χ0v) is 18.5. The fourth-order valence-electron chi connectivity index (χ4n) is 3.16. The average molecular weight is 419 g/mol. The van der Waals surface area contributed by atoms with E-state index in [9.17, 15) is 13.2 Å². The number of methoxy groups -OCH3 is 1. The monoisotopic (exact) mass is 418 g/mol. The first-order valence-corrected chi connectivity index (χ1v) is 11.5. The maximum Gasteiger partial charge on any atom is 0.243 e. The molecule has 0 saturated heterocycles. The molecule has 0 bridgehead atoms. The topological polar surface area (TPSA) is 75.7 Å². The highest BCUT2D eigenvalue weighted by atomic mass is 32.2. The Bertz CT molecular complexity index is 940. The Balaban J connectivity index is 2.07. The van der Waals surface area contributed by atoms with Crippen molar-refractivity contribution in [2.75, 3.05) is 24.2 Å². The smallest absolute Gasteiger partial charge is 0.243 e. The lowest BCUT2D eigenvalue weighted by Crippen LogP contribution is -2.48. The summed E-state index contributed by atoms with van der Waals surface area (Å²) in [5, 5.41) is 2.85. The predicted molar refractivity (Wildman–Crippen MR) is 117 cm³/mol. The maximum absolute atomic E-state index is 12.7. The summed E-state index contributed by atoms with van der Waals surface area (Å²) >= 11 is 0. The lowest BCUT2D eigenvalue weighted by atomic mass is 10.1. The van der Waals surface area contributed by atoms with Crippen LogP contribution in [0.2, 0.25) is 0 Å². The SMILES string of the molecule is COc1ccc(C)cc1N(C(C)C(=O)NCCCc1ccc(C)cc1)S(C)(=O)=O. The van der Waals surface area contributed by atoms with Gasteiger partial charge in [-0.2, -0.15) is 0 Å². The summed E-state index contributed by atoms with van der Waals surface area (Å²) < 4.78 is 31.4. The molecule has 2 aromatic rings. The standard InChI is InChI=1S/C22H30N2O4S/c1-16-8-11-19(12-9-16)7-6-14-23-22(25)18(3)24(29(5,26)27)20-15-17(2)10-13-21(20)28-4/h8-13,15,18H,6-7,14H2,1-5H3,(H,23,25). The van der Waals surface area contributed by atoms with Crippen molar-refractivity contribution < 1.29 is 17.9 Å². The van der Waals surface area contributed by atoms with Gasteiger partial charge in [-0.05, 0) is 56.9 Å². The van der Waals surface area contributed by atoms with Crippen molar-refractivity contribution in [2.24, 2.45) is 0 Å². The number of carbonyl (C=O) groups is 1. The molecule has 0 aromatic heterocycles. The summed E-state index contributed by atoms with van der Waals surface area (Å²) in [6.07, 6.45) is 2.71. The molecule has 0 spiro atoms. The Morgan fingerprint density at radius 1 is 1.10 bits per heavy atom. The number of ether oxygens (including phenoxy) is 1. The molecule has 2 aromatic carbocycles. The van der Waals surface area contributed by atoms with Crippen LogP contribution in [-0.2, 0) is 21.2 Å². The largest absolute Gasteiger partial charge is 0.495 e. The molecule has 1 amide bonds. The first kappa shape index (κ1) is 22.7. The maximum atomic E-state index is 12.7. The van der Waals surface area contributed by atoms with Crippen LogP contribution in [0.1, 0.15) is 30.0 Å². The van der Waals surface area contributed by atoms with Crippen LogP contribution >= 0.6 is 0 Å². The summed E-state index contributed by atoms with van der Waals surface area (Å²) in [6.45, 7) is 5.96. The first-order chi connectivity index (χ1) is 13.6. The van der Waals surface area contributed by atoms with Crippen molar-refractivity contribution in [2.45, 2.75) is 39.7 Å². The van der Waals surface area contributed by atoms with Gasteiger partial charge in [0.1, 0.15) is 11.8 Å². The minimum atomic E-state index is -3.70. The van der Waals surface area contributed by atoms with Gasteiger partial charge in [0, 0.05) is 6.54 Å². The molecule has 0 aliphatic heterocycles. The number of carbonyl (C=O) groups excluding carboxylic acids is 1. The van der Waals surface area contributed by atoms with Crippen molar-refractivity contribution in [3.63, 3.8) is 0 Å². The second-order valence-electron chi connectivity index (χ2n) is 7.29. The van der Waals surface area contributed by atoms with E-state index in [-0.39, 0.29) is 5.91 Å². The van der Waals surface area contributed by atoms with Gasteiger partial charge in [0.2, 0.25) is 15.9 Å². The predicted octanol–water partition coefficient (Wildman–Crippen LogP) is 3.22. The van der Waals surface area contributed by atoms with Gasteiger partial charge in [-0.3, -0.25) is 9.10 Å². The van der Waals surface area contributed by atoms with Crippen LogP contribution in [0.4, 0.5) is 5.69 Å². The van der Waals surface area contributed by atoms with Crippen molar-refractivity contribution in [3.8, 4) is 5.75 Å². The van der Waals surface area contributed by atoms with Gasteiger partial charge < -0.3 is 10.1 Å². The van der Waals surface area contributed by atoms with Crippen LogP contribution in [0, 0.1) is 13.8 Å². The van der Waals surface area contributed by atoms with Gasteiger partial charge in [-0.15, -0.1) is 0 Å². The molecule has 0 fully saturated rings. The van der Waals surface area contributed by atoms with E-state index in [2.05, 4.69) is 29.6 Å². The number of nitrogens with zero attached hydrogens (tertiary/aromatic N) is 1. The molecule has 29 heavy (non-hydrogen) atoms. The molecule has 158 valence electrons. The number of hydrogen-bond acceptors (Lipinski definition) is 4. The molecule has 1 atom stereocenters. The molecule has 1 N–H and O–H groups in total. The van der Waals surface area contributed by atoms with Crippen molar-refractivity contribution in [1.82, 2.24) is 5.32 Å². The molecule has 0 radical (unpaired) electrons. The fourth-order valence-corrected chi connectivity index (χ4v) is 4.33. The van der Waals surface area contributed by atoms with E-state index >= 15 is 0 Å². The molecular weight excluding hydrogens is 388 g/mol. The lowest BCUT2D eigenvalue weighted by molar-refractivity contribution is -0.121. The molecule has 0 aliphatic rings. The number of rotatable bonds is 9. The van der Waals surface area contributed by atoms with E-state index in [4.69, 9.17) is 4.74 Å². The summed E-state index contributed by atoms with van der Waals surface area (Å²) in [5.41, 5.74) is 3.65. The van der Waals surface area contributed by atoms with Crippen molar-refractivity contribution in [1.29, 1.82) is 0 Å². The van der Waals surface area contributed by atoms with Crippen LogP contribution in [0.25, 0.3) is 0 Å². The zero-order valence-electron chi connectivity index (χ0n) is 17.7. The number of anilines is 1. The summed E-state index contributed by atoms with van der Waals surface area (Å²) in [5.74, 6) is 0.0583. The quantitative estimate of drug-likeness (QED) is 0.635. The molecular formula is C22H30N2O4S. The van der Waals surface area contributed by atoms with Crippen LogP contribution in [-0.4, -0.2) is 40.3 Å². The average Bonchev–Trinajstić information content (AvgIpc) is 2.65. The molecule has 0 aliphatic carbocycles. The molecule has 2 rings (SSSR count). The van der Waals surface area contributed by atoms with Crippen molar-refractivity contribution >= 4 is 21.6 Å². The van der Waals surface area contributed by atoms with Crippen LogP contribution in [0.3, 0.4) is 0 Å². The minimum Gasteiger partial charge on any atom is -0.495 e. The van der Waals surface area contributed by atoms with E-state index < -0.39 is 16.1 Å². The highest BCUT2D eigenvalue weighted by molar-refractivity contribution is 7.92. The van der Waals surface area contributed by atoms with Crippen LogP contribution in [0.15, 0.2) is 42.5 Å². The summed E-state index contributed by atoms with van der Waals surface area (Å²) in [6, 6.07) is 12.6. The summed E-state index contributed by atoms with van der Waals surface area (Å²) in [4.78, 5) is 12.7. The zero-order chi connectivity index (χ0) is 21.6. The number of nitrogens with one attached hydrogen (secondary N) is 1. The second kappa shape index (κ2) is 9.78. The molecule has 6 nitrogen and oxygen atoms in total. The molecule has 7 heteroatoms. The van der Waals surface area contributed by atoms with Gasteiger partial charge in [0.05, 0.1) is 19.1 Å². The highest BCUT2D eigenvalue weighted by Gasteiger charge is 2.31. The van der Waals surface area contributed by atoms with Gasteiger partial charge >= 0.3 is 0 Å².